The lowest BCUT2D eigenvalue weighted by Gasteiger charge is -2.19. The van der Waals surface area contributed by atoms with Crippen LogP contribution < -0.4 is 11.1 Å². The van der Waals surface area contributed by atoms with Crippen LogP contribution in [0.15, 0.2) is 18.2 Å². The van der Waals surface area contributed by atoms with Crippen LogP contribution in [-0.4, -0.2) is 27.7 Å². The van der Waals surface area contributed by atoms with Gasteiger partial charge in [0.1, 0.15) is 11.6 Å². The van der Waals surface area contributed by atoms with E-state index in [-0.39, 0.29) is 24.4 Å². The van der Waals surface area contributed by atoms with Crippen LogP contribution in [0.5, 0.6) is 0 Å². The van der Waals surface area contributed by atoms with Crippen LogP contribution in [-0.2, 0) is 0 Å². The molecule has 0 saturated carbocycles. The lowest BCUT2D eigenvalue weighted by Crippen LogP contribution is -2.22. The maximum atomic E-state index is 13.2. The molecule has 5 nitrogen and oxygen atoms in total. The average Bonchev–Trinajstić information content (AvgIpc) is 2.38. The van der Waals surface area contributed by atoms with Crippen molar-refractivity contribution in [2.75, 3.05) is 17.7 Å². The van der Waals surface area contributed by atoms with Crippen LogP contribution in [0.4, 0.5) is 16.2 Å². The van der Waals surface area contributed by atoms with Crippen molar-refractivity contribution in [2.24, 2.45) is 0 Å². The highest BCUT2D eigenvalue weighted by Crippen LogP contribution is 2.23. The second kappa shape index (κ2) is 6.47. The summed E-state index contributed by atoms with van der Waals surface area (Å²) in [6, 6.07) is 4.44. The molecule has 1 heterocycles. The van der Waals surface area contributed by atoms with E-state index < -0.39 is 0 Å². The molecular weight excluding hydrogens is 259 g/mol. The second-order valence-corrected chi connectivity index (χ2v) is 4.73. The van der Waals surface area contributed by atoms with Gasteiger partial charge in [0.05, 0.1) is 5.52 Å². The molecule has 0 amide bonds. The Kier molecular flexibility index (Phi) is 4.68. The topological polar surface area (TPSA) is 84.1 Å². The molecule has 1 atom stereocenters. The molecule has 2 aromatic rings. The van der Waals surface area contributed by atoms with E-state index in [9.17, 15) is 4.39 Å². The van der Waals surface area contributed by atoms with Crippen molar-refractivity contribution in [3.8, 4) is 0 Å². The average molecular weight is 278 g/mol. The molecule has 1 unspecified atom stereocenters. The zero-order valence-corrected chi connectivity index (χ0v) is 11.4. The van der Waals surface area contributed by atoms with E-state index in [0.717, 1.165) is 18.2 Å². The predicted octanol–water partition coefficient (Wildman–Crippen LogP) is 2.31. The maximum absolute atomic E-state index is 13.2. The number of anilines is 2. The fourth-order valence-electron chi connectivity index (χ4n) is 2.22. The van der Waals surface area contributed by atoms with Crippen molar-refractivity contribution in [2.45, 2.75) is 32.2 Å². The van der Waals surface area contributed by atoms with Gasteiger partial charge >= 0.3 is 0 Å². The minimum atomic E-state index is -0.359. The fraction of sp³-hybridized carbons (Fsp3) is 0.429. The number of rotatable bonds is 6. The van der Waals surface area contributed by atoms with Gasteiger partial charge < -0.3 is 16.2 Å². The standard InChI is InChI=1S/C14H19FN4O/c1-2-3-10(6-7-20)17-13-11-5-4-9(15)8-12(11)18-14(16)19-13/h4-5,8,10,20H,2-3,6-7H2,1H3,(H3,16,17,18,19). The summed E-state index contributed by atoms with van der Waals surface area (Å²) in [4.78, 5) is 8.22. The summed E-state index contributed by atoms with van der Waals surface area (Å²) in [5, 5.41) is 13.1. The largest absolute Gasteiger partial charge is 0.396 e. The number of aliphatic hydroxyl groups excluding tert-OH is 1. The van der Waals surface area contributed by atoms with Crippen LogP contribution in [0.2, 0.25) is 0 Å². The fourth-order valence-corrected chi connectivity index (χ4v) is 2.22. The van der Waals surface area contributed by atoms with Crippen molar-refractivity contribution in [1.82, 2.24) is 9.97 Å². The lowest BCUT2D eigenvalue weighted by molar-refractivity contribution is 0.276. The van der Waals surface area contributed by atoms with Gasteiger partial charge in [-0.25, -0.2) is 9.37 Å². The van der Waals surface area contributed by atoms with Crippen LogP contribution in [0.3, 0.4) is 0 Å². The molecule has 108 valence electrons. The molecule has 0 fully saturated rings. The molecular formula is C14H19FN4O. The summed E-state index contributed by atoms with van der Waals surface area (Å²) in [7, 11) is 0. The maximum Gasteiger partial charge on any atom is 0.222 e. The van der Waals surface area contributed by atoms with E-state index in [1.54, 1.807) is 6.07 Å². The first-order valence-electron chi connectivity index (χ1n) is 6.74. The lowest BCUT2D eigenvalue weighted by atomic mass is 10.1. The van der Waals surface area contributed by atoms with E-state index in [1.807, 2.05) is 0 Å². The van der Waals surface area contributed by atoms with Gasteiger partial charge in [-0.2, -0.15) is 4.98 Å². The summed E-state index contributed by atoms with van der Waals surface area (Å²) in [6.07, 6.45) is 2.53. The molecule has 0 aliphatic rings. The summed E-state index contributed by atoms with van der Waals surface area (Å²) >= 11 is 0. The normalized spacial score (nSPS) is 12.6. The quantitative estimate of drug-likeness (QED) is 0.755. The number of nitrogens with zero attached hydrogens (tertiary/aromatic N) is 2. The van der Waals surface area contributed by atoms with Gasteiger partial charge in [0.15, 0.2) is 0 Å². The Labute approximate surface area is 117 Å². The second-order valence-electron chi connectivity index (χ2n) is 4.73. The number of nitrogens with one attached hydrogen (secondary N) is 1. The molecule has 20 heavy (non-hydrogen) atoms. The minimum Gasteiger partial charge on any atom is -0.396 e. The highest BCUT2D eigenvalue weighted by molar-refractivity contribution is 5.90. The van der Waals surface area contributed by atoms with Crippen LogP contribution in [0.25, 0.3) is 10.9 Å². The Balaban J connectivity index is 2.37. The number of halogens is 1. The zero-order chi connectivity index (χ0) is 14.5. The van der Waals surface area contributed by atoms with Crippen molar-refractivity contribution < 1.29 is 9.50 Å². The first-order valence-corrected chi connectivity index (χ1v) is 6.74. The summed E-state index contributed by atoms with van der Waals surface area (Å²) in [5.74, 6) is 0.325. The SMILES string of the molecule is CCCC(CCO)Nc1nc(N)nc2cc(F)ccc12. The van der Waals surface area contributed by atoms with E-state index in [2.05, 4.69) is 22.2 Å². The van der Waals surface area contributed by atoms with Crippen molar-refractivity contribution in [3.05, 3.63) is 24.0 Å². The Morgan fingerprint density at radius 3 is 2.85 bits per heavy atom. The monoisotopic (exact) mass is 278 g/mol. The number of hydrogen-bond donors (Lipinski definition) is 3. The Morgan fingerprint density at radius 2 is 2.15 bits per heavy atom. The summed E-state index contributed by atoms with van der Waals surface area (Å²) < 4.78 is 13.2. The molecule has 0 bridgehead atoms. The van der Waals surface area contributed by atoms with E-state index in [4.69, 9.17) is 10.8 Å². The first-order chi connectivity index (χ1) is 9.63. The number of nitrogens with two attached hydrogens (primary N) is 1. The third kappa shape index (κ3) is 3.33. The smallest absolute Gasteiger partial charge is 0.222 e. The number of fused-ring (bicyclic) bond motifs is 1. The number of nitrogen functional groups attached to an aromatic ring is 1. The molecule has 6 heteroatoms. The van der Waals surface area contributed by atoms with Crippen LogP contribution in [0.1, 0.15) is 26.2 Å². The zero-order valence-electron chi connectivity index (χ0n) is 11.4. The highest BCUT2D eigenvalue weighted by atomic mass is 19.1. The molecule has 2 rings (SSSR count). The molecule has 4 N–H and O–H groups in total. The number of aromatic nitrogens is 2. The Hall–Kier alpha value is -1.95. The van der Waals surface area contributed by atoms with Crippen LogP contribution in [0, 0.1) is 5.82 Å². The molecule has 0 saturated heterocycles. The van der Waals surface area contributed by atoms with E-state index in [0.29, 0.717) is 17.8 Å². The van der Waals surface area contributed by atoms with Gasteiger partial charge in [0.25, 0.3) is 0 Å². The molecule has 1 aromatic carbocycles. The Bertz CT molecular complexity index is 579. The summed E-state index contributed by atoms with van der Waals surface area (Å²) in [5.41, 5.74) is 6.14. The number of hydrogen-bond acceptors (Lipinski definition) is 5. The molecule has 0 spiro atoms. The highest BCUT2D eigenvalue weighted by Gasteiger charge is 2.12. The minimum absolute atomic E-state index is 0.102. The first kappa shape index (κ1) is 14.5. The van der Waals surface area contributed by atoms with Gasteiger partial charge in [-0.15, -0.1) is 0 Å². The Morgan fingerprint density at radius 1 is 1.35 bits per heavy atom. The molecule has 0 aliphatic carbocycles. The van der Waals surface area contributed by atoms with Crippen molar-refractivity contribution in [1.29, 1.82) is 0 Å². The van der Waals surface area contributed by atoms with Gasteiger partial charge in [0, 0.05) is 24.1 Å². The van der Waals surface area contributed by atoms with Gasteiger partial charge in [-0.05, 0) is 25.0 Å². The van der Waals surface area contributed by atoms with E-state index in [1.165, 1.54) is 12.1 Å². The predicted molar refractivity (Wildman–Crippen MR) is 77.9 cm³/mol. The van der Waals surface area contributed by atoms with Crippen LogP contribution >= 0.6 is 0 Å². The number of benzene rings is 1. The summed E-state index contributed by atoms with van der Waals surface area (Å²) in [6.45, 7) is 2.18. The van der Waals surface area contributed by atoms with E-state index >= 15 is 0 Å². The van der Waals surface area contributed by atoms with Gasteiger partial charge in [-0.1, -0.05) is 13.3 Å². The van der Waals surface area contributed by atoms with Gasteiger partial charge in [0.2, 0.25) is 5.95 Å². The molecule has 1 aromatic heterocycles. The molecule has 0 aliphatic heterocycles. The van der Waals surface area contributed by atoms with Crippen molar-refractivity contribution in [3.63, 3.8) is 0 Å². The third-order valence-corrected chi connectivity index (χ3v) is 3.13. The molecule has 0 radical (unpaired) electrons. The third-order valence-electron chi connectivity index (χ3n) is 3.13. The number of aliphatic hydroxyl groups is 1. The van der Waals surface area contributed by atoms with Crippen molar-refractivity contribution >= 4 is 22.7 Å². The van der Waals surface area contributed by atoms with Gasteiger partial charge in [-0.3, -0.25) is 0 Å².